The van der Waals surface area contributed by atoms with E-state index in [1.165, 1.54) is 0 Å². The topological polar surface area (TPSA) is 75.7 Å². The zero-order valence-electron chi connectivity index (χ0n) is 4.16. The van der Waals surface area contributed by atoms with Crippen molar-refractivity contribution < 1.29 is 10.0 Å². The fourth-order valence-corrected chi connectivity index (χ4v) is 0.154. The molecule has 0 aromatic carbocycles. The highest BCUT2D eigenvalue weighted by atomic mass is 16.4. The molecule has 0 aliphatic heterocycles. The van der Waals surface area contributed by atoms with Crippen LogP contribution in [0.2, 0.25) is 0 Å². The maximum atomic E-state index is 10.2. The number of carbonyl (C=O) groups is 1. The molecule has 0 fully saturated rings. The smallest absolute Gasteiger partial charge is 0.223 e. The molecule has 0 radical (unpaired) electrons. The van der Waals surface area contributed by atoms with E-state index >= 15 is 0 Å². The maximum Gasteiger partial charge on any atom is 0.223 e. The van der Waals surface area contributed by atoms with Crippen LogP contribution in [0.4, 0.5) is 0 Å². The van der Waals surface area contributed by atoms with Crippen molar-refractivity contribution in [2.24, 2.45) is 10.9 Å². The van der Waals surface area contributed by atoms with Crippen molar-refractivity contribution in [1.82, 2.24) is 0 Å². The third-order valence-electron chi connectivity index (χ3n) is 0.546. The van der Waals surface area contributed by atoms with Crippen molar-refractivity contribution in [2.75, 3.05) is 0 Å². The average molecular weight is 114 g/mol. The number of nitrogens with zero attached hydrogens (tertiary/aromatic N) is 1. The van der Waals surface area contributed by atoms with Gasteiger partial charge >= 0.3 is 0 Å². The van der Waals surface area contributed by atoms with Gasteiger partial charge in [-0.15, -0.1) is 0 Å². The van der Waals surface area contributed by atoms with Crippen LogP contribution in [0.25, 0.3) is 0 Å². The summed E-state index contributed by atoms with van der Waals surface area (Å²) < 4.78 is 0. The van der Waals surface area contributed by atoms with Crippen molar-refractivity contribution in [3.63, 3.8) is 0 Å². The predicted octanol–water partition coefficient (Wildman–Crippen LogP) is -0.512. The van der Waals surface area contributed by atoms with Gasteiger partial charge in [0, 0.05) is 0 Å². The lowest BCUT2D eigenvalue weighted by molar-refractivity contribution is -0.109. The molecule has 0 bridgehead atoms. The van der Waals surface area contributed by atoms with Crippen molar-refractivity contribution in [2.45, 2.75) is 0 Å². The van der Waals surface area contributed by atoms with Crippen LogP contribution in [-0.4, -0.2) is 16.8 Å². The zero-order chi connectivity index (χ0) is 6.57. The van der Waals surface area contributed by atoms with E-state index in [0.717, 1.165) is 6.08 Å². The van der Waals surface area contributed by atoms with Gasteiger partial charge in [0.05, 0.1) is 0 Å². The van der Waals surface area contributed by atoms with Gasteiger partial charge in [-0.3, -0.25) is 4.79 Å². The van der Waals surface area contributed by atoms with Crippen molar-refractivity contribution in [1.29, 1.82) is 0 Å². The van der Waals surface area contributed by atoms with Gasteiger partial charge in [0.1, 0.15) is 0 Å². The summed E-state index contributed by atoms with van der Waals surface area (Å²) in [6, 6.07) is 0. The summed E-state index contributed by atoms with van der Waals surface area (Å²) in [4.78, 5) is 10.2. The Labute approximate surface area is 46.3 Å². The maximum absolute atomic E-state index is 10.2. The summed E-state index contributed by atoms with van der Waals surface area (Å²) in [5.74, 6) is -1.02. The zero-order valence-corrected chi connectivity index (χ0v) is 4.16. The van der Waals surface area contributed by atoms with E-state index in [2.05, 4.69) is 11.7 Å². The van der Waals surface area contributed by atoms with Crippen LogP contribution in [0.3, 0.4) is 0 Å². The fourth-order valence-electron chi connectivity index (χ4n) is 0.154. The highest BCUT2D eigenvalue weighted by Gasteiger charge is 1.98. The molecular weight excluding hydrogens is 108 g/mol. The van der Waals surface area contributed by atoms with Crippen LogP contribution < -0.4 is 5.73 Å². The second kappa shape index (κ2) is 2.79. The molecule has 0 atom stereocenters. The van der Waals surface area contributed by atoms with E-state index in [0.29, 0.717) is 0 Å². The molecular formula is C4H6N2O2. The Hall–Kier alpha value is -1.32. The molecule has 0 heterocycles. The second-order valence-electron chi connectivity index (χ2n) is 1.05. The molecule has 0 unspecified atom stereocenters. The molecule has 0 spiro atoms. The lowest BCUT2D eigenvalue weighted by Crippen LogP contribution is -2.21. The first-order valence-electron chi connectivity index (χ1n) is 1.86. The molecule has 0 saturated heterocycles. The van der Waals surface area contributed by atoms with E-state index in [-0.39, 0.29) is 0 Å². The fraction of sp³-hybridized carbons (Fsp3) is 0. The van der Waals surface area contributed by atoms with Crippen LogP contribution >= 0.6 is 0 Å². The molecule has 44 valence electrons. The minimum absolute atomic E-state index is 0.444. The molecule has 0 aromatic rings. The van der Waals surface area contributed by atoms with E-state index in [4.69, 9.17) is 10.9 Å². The van der Waals surface area contributed by atoms with E-state index in [1.807, 2.05) is 0 Å². The number of hydrogen-bond donors (Lipinski definition) is 2. The molecule has 4 heteroatoms. The van der Waals surface area contributed by atoms with Crippen LogP contribution in [-0.2, 0) is 4.79 Å². The quantitative estimate of drug-likeness (QED) is 0.167. The Morgan fingerprint density at radius 2 is 2.38 bits per heavy atom. The van der Waals surface area contributed by atoms with Crippen LogP contribution in [0.1, 0.15) is 0 Å². The summed E-state index contributed by atoms with van der Waals surface area (Å²) in [6.45, 7) is 3.11. The summed E-state index contributed by atoms with van der Waals surface area (Å²) in [5.41, 5.74) is 4.81. The van der Waals surface area contributed by atoms with Crippen molar-refractivity contribution in [3.8, 4) is 0 Å². The number of carbonyl (C=O) groups excluding carboxylic acids is 1. The number of nitrogens with two attached hydrogens (primary N) is 1. The van der Waals surface area contributed by atoms with Crippen LogP contribution in [0, 0.1) is 0 Å². The molecule has 0 aliphatic rings. The molecule has 4 nitrogen and oxygen atoms in total. The van der Waals surface area contributed by atoms with Gasteiger partial charge < -0.3 is 10.9 Å². The summed E-state index contributed by atoms with van der Waals surface area (Å²) in [5, 5.41) is 10.3. The Morgan fingerprint density at radius 1 is 1.88 bits per heavy atom. The normalized spacial score (nSPS) is 10.8. The van der Waals surface area contributed by atoms with E-state index in [9.17, 15) is 4.79 Å². The first kappa shape index (κ1) is 6.68. The minimum Gasteiger partial charge on any atom is -0.409 e. The Bertz CT molecular complexity index is 139. The number of oxime groups is 1. The third kappa shape index (κ3) is 1.42. The molecule has 8 heavy (non-hydrogen) atoms. The third-order valence-corrected chi connectivity index (χ3v) is 0.546. The lowest BCUT2D eigenvalue weighted by Gasteiger charge is -1.84. The molecule has 0 rings (SSSR count). The van der Waals surface area contributed by atoms with Gasteiger partial charge in [-0.1, -0.05) is 11.7 Å². The van der Waals surface area contributed by atoms with Gasteiger partial charge in [-0.2, -0.15) is 0 Å². The van der Waals surface area contributed by atoms with Crippen LogP contribution in [0.15, 0.2) is 17.8 Å². The number of amidine groups is 1. The molecule has 0 saturated carbocycles. The lowest BCUT2D eigenvalue weighted by atomic mass is 10.4. The Morgan fingerprint density at radius 3 is 2.50 bits per heavy atom. The first-order valence-corrected chi connectivity index (χ1v) is 1.86. The van der Waals surface area contributed by atoms with E-state index < -0.39 is 11.6 Å². The van der Waals surface area contributed by atoms with Gasteiger partial charge in [0.2, 0.25) is 11.6 Å². The van der Waals surface area contributed by atoms with Gasteiger partial charge in [0.15, 0.2) is 0 Å². The second-order valence-corrected chi connectivity index (χ2v) is 1.05. The number of ketones is 1. The largest absolute Gasteiger partial charge is 0.409 e. The highest BCUT2D eigenvalue weighted by molar-refractivity contribution is 6.42. The Balaban J connectivity index is 4.03. The molecule has 3 N–H and O–H groups in total. The molecule has 0 aliphatic carbocycles. The Kier molecular flexibility index (Phi) is 2.33. The van der Waals surface area contributed by atoms with Crippen molar-refractivity contribution in [3.05, 3.63) is 12.7 Å². The van der Waals surface area contributed by atoms with Crippen LogP contribution in [0.5, 0.6) is 0 Å². The van der Waals surface area contributed by atoms with Crippen molar-refractivity contribution >= 4 is 11.6 Å². The highest BCUT2D eigenvalue weighted by Crippen LogP contribution is 1.71. The van der Waals surface area contributed by atoms with E-state index in [1.54, 1.807) is 0 Å². The predicted molar refractivity (Wildman–Crippen MR) is 28.6 cm³/mol. The average Bonchev–Trinajstić information content (AvgIpc) is 1.84. The SMILES string of the molecule is C=CC(=O)C(N)=NO. The molecule has 0 amide bonds. The molecule has 0 aromatic heterocycles. The van der Waals surface area contributed by atoms with Gasteiger partial charge in [-0.05, 0) is 6.08 Å². The minimum atomic E-state index is -0.576. The first-order chi connectivity index (χ1) is 3.72. The van der Waals surface area contributed by atoms with Gasteiger partial charge in [-0.25, -0.2) is 0 Å². The standard InChI is InChI=1S/C4H6N2O2/c1-2-3(7)4(5)6-8/h2,8H,1H2,(H2,5,6). The monoisotopic (exact) mass is 114 g/mol. The number of hydrogen-bond acceptors (Lipinski definition) is 3. The summed E-state index contributed by atoms with van der Waals surface area (Å²) >= 11 is 0. The van der Waals surface area contributed by atoms with Gasteiger partial charge in [0.25, 0.3) is 0 Å². The summed E-state index contributed by atoms with van der Waals surface area (Å²) in [6.07, 6.45) is 0.967. The summed E-state index contributed by atoms with van der Waals surface area (Å²) in [7, 11) is 0. The number of rotatable bonds is 2.